The van der Waals surface area contributed by atoms with Gasteiger partial charge in [-0.3, -0.25) is 0 Å². The predicted molar refractivity (Wildman–Crippen MR) is 78.4 cm³/mol. The summed E-state index contributed by atoms with van der Waals surface area (Å²) in [6, 6.07) is 6.64. The van der Waals surface area contributed by atoms with Crippen molar-refractivity contribution in [3.63, 3.8) is 0 Å². The quantitative estimate of drug-likeness (QED) is 0.748. The fraction of sp³-hybridized carbons (Fsp3) is 0.571. The van der Waals surface area contributed by atoms with Gasteiger partial charge in [0.05, 0.1) is 24.8 Å². The van der Waals surface area contributed by atoms with Gasteiger partial charge in [-0.2, -0.15) is 0 Å². The fourth-order valence-electron chi connectivity index (χ4n) is 1.58. The Labute approximate surface area is 118 Å². The van der Waals surface area contributed by atoms with Crippen LogP contribution in [0.25, 0.3) is 0 Å². The average Bonchev–Trinajstić information content (AvgIpc) is 2.33. The van der Waals surface area contributed by atoms with Crippen LogP contribution in [-0.2, 0) is 11.2 Å². The molecule has 1 N–H and O–H groups in total. The molecule has 0 saturated heterocycles. The van der Waals surface area contributed by atoms with Gasteiger partial charge in [0.2, 0.25) is 0 Å². The lowest BCUT2D eigenvalue weighted by atomic mass is 10.1. The molecular weight excluding hydrogens is 294 g/mol. The molecule has 0 unspecified atom stereocenters. The number of hydrogen-bond donors (Lipinski definition) is 1. The molecule has 1 aromatic carbocycles. The van der Waals surface area contributed by atoms with Crippen LogP contribution in [0.4, 0.5) is 0 Å². The van der Waals surface area contributed by atoms with Crippen LogP contribution < -0.4 is 10.1 Å². The summed E-state index contributed by atoms with van der Waals surface area (Å²) in [5, 5.41) is 3.32. The Kier molecular flexibility index (Phi) is 7.32. The summed E-state index contributed by atoms with van der Waals surface area (Å²) in [6.45, 7) is 6.68. The van der Waals surface area contributed by atoms with Crippen molar-refractivity contribution in [2.24, 2.45) is 0 Å². The highest BCUT2D eigenvalue weighted by Gasteiger charge is 2.01. The smallest absolute Gasteiger partial charge is 0.133 e. The Balaban J connectivity index is 2.21. The number of ether oxygens (including phenoxy) is 2. The maximum atomic E-state index is 5.58. The van der Waals surface area contributed by atoms with E-state index in [0.29, 0.717) is 6.04 Å². The van der Waals surface area contributed by atoms with Crippen LogP contribution in [0.5, 0.6) is 5.75 Å². The first-order valence-corrected chi connectivity index (χ1v) is 7.06. The van der Waals surface area contributed by atoms with E-state index >= 15 is 0 Å². The van der Waals surface area contributed by atoms with Crippen molar-refractivity contribution in [3.05, 3.63) is 28.2 Å². The highest BCUT2D eigenvalue weighted by atomic mass is 79.9. The highest BCUT2D eigenvalue weighted by Crippen LogP contribution is 2.25. The van der Waals surface area contributed by atoms with Gasteiger partial charge in [-0.15, -0.1) is 0 Å². The van der Waals surface area contributed by atoms with Crippen molar-refractivity contribution in [2.45, 2.75) is 26.3 Å². The Morgan fingerprint density at radius 3 is 2.67 bits per heavy atom. The third-order valence-corrected chi connectivity index (χ3v) is 3.17. The lowest BCUT2D eigenvalue weighted by molar-refractivity contribution is 0.137. The molecule has 0 spiro atoms. The van der Waals surface area contributed by atoms with Crippen molar-refractivity contribution in [1.29, 1.82) is 0 Å². The summed E-state index contributed by atoms with van der Waals surface area (Å²) in [6.07, 6.45) is 0.921. The maximum absolute atomic E-state index is 5.58. The van der Waals surface area contributed by atoms with E-state index in [9.17, 15) is 0 Å². The first kappa shape index (κ1) is 15.5. The van der Waals surface area contributed by atoms with E-state index in [1.54, 1.807) is 7.11 Å². The molecule has 4 heteroatoms. The minimum Gasteiger partial charge on any atom is -0.496 e. The van der Waals surface area contributed by atoms with Crippen molar-refractivity contribution < 1.29 is 9.47 Å². The molecule has 0 bridgehead atoms. The zero-order chi connectivity index (χ0) is 13.4. The molecule has 0 saturated carbocycles. The van der Waals surface area contributed by atoms with Crippen LogP contribution in [-0.4, -0.2) is 32.9 Å². The summed E-state index contributed by atoms with van der Waals surface area (Å²) in [5.74, 6) is 0.862. The Morgan fingerprint density at radius 1 is 1.28 bits per heavy atom. The van der Waals surface area contributed by atoms with Crippen molar-refractivity contribution in [1.82, 2.24) is 5.32 Å². The largest absolute Gasteiger partial charge is 0.496 e. The van der Waals surface area contributed by atoms with Gasteiger partial charge in [-0.1, -0.05) is 19.9 Å². The van der Waals surface area contributed by atoms with Gasteiger partial charge in [-0.25, -0.2) is 0 Å². The van der Waals surface area contributed by atoms with Crippen molar-refractivity contribution in [3.8, 4) is 5.75 Å². The van der Waals surface area contributed by atoms with E-state index in [4.69, 9.17) is 9.47 Å². The highest BCUT2D eigenvalue weighted by molar-refractivity contribution is 9.10. The number of methoxy groups -OCH3 is 1. The van der Waals surface area contributed by atoms with E-state index in [1.165, 1.54) is 5.56 Å². The molecule has 0 fully saturated rings. The molecular formula is C14H22BrNO2. The van der Waals surface area contributed by atoms with Gasteiger partial charge in [0, 0.05) is 12.6 Å². The van der Waals surface area contributed by atoms with Crippen molar-refractivity contribution >= 4 is 15.9 Å². The second kappa shape index (κ2) is 8.51. The van der Waals surface area contributed by atoms with E-state index < -0.39 is 0 Å². The summed E-state index contributed by atoms with van der Waals surface area (Å²) >= 11 is 3.48. The Hall–Kier alpha value is -0.580. The minimum absolute atomic E-state index is 0.520. The van der Waals surface area contributed by atoms with Gasteiger partial charge in [-0.05, 0) is 40.0 Å². The molecule has 0 atom stereocenters. The molecule has 0 aromatic heterocycles. The van der Waals surface area contributed by atoms with E-state index in [-0.39, 0.29) is 0 Å². The predicted octanol–water partition coefficient (Wildman–Crippen LogP) is 3.01. The van der Waals surface area contributed by atoms with Crippen LogP contribution >= 0.6 is 15.9 Å². The topological polar surface area (TPSA) is 30.5 Å². The van der Waals surface area contributed by atoms with Crippen LogP contribution in [0.15, 0.2) is 22.7 Å². The Bertz CT molecular complexity index is 356. The number of rotatable bonds is 8. The van der Waals surface area contributed by atoms with Gasteiger partial charge in [0.1, 0.15) is 5.75 Å². The van der Waals surface area contributed by atoms with Gasteiger partial charge in [0.25, 0.3) is 0 Å². The molecule has 0 radical (unpaired) electrons. The first-order chi connectivity index (χ1) is 8.63. The SMILES string of the molecule is COc1ccc(CCOCCNC(C)C)cc1Br. The maximum Gasteiger partial charge on any atom is 0.133 e. The lowest BCUT2D eigenvalue weighted by Crippen LogP contribution is -2.26. The summed E-state index contributed by atoms with van der Waals surface area (Å²) < 4.78 is 11.8. The lowest BCUT2D eigenvalue weighted by Gasteiger charge is -2.09. The summed E-state index contributed by atoms with van der Waals surface area (Å²) in [7, 11) is 1.67. The van der Waals surface area contributed by atoms with Crippen LogP contribution in [0.1, 0.15) is 19.4 Å². The Morgan fingerprint density at radius 2 is 2.06 bits per heavy atom. The third-order valence-electron chi connectivity index (χ3n) is 2.55. The first-order valence-electron chi connectivity index (χ1n) is 6.27. The molecule has 0 amide bonds. The molecule has 0 aliphatic heterocycles. The standard InChI is InChI=1S/C14H22BrNO2/c1-11(2)16-7-9-18-8-6-12-4-5-14(17-3)13(15)10-12/h4-5,10-11,16H,6-9H2,1-3H3. The molecule has 18 heavy (non-hydrogen) atoms. The van der Waals surface area contributed by atoms with E-state index in [0.717, 1.165) is 36.4 Å². The van der Waals surface area contributed by atoms with Crippen molar-refractivity contribution in [2.75, 3.05) is 26.9 Å². The summed E-state index contributed by atoms with van der Waals surface area (Å²) in [4.78, 5) is 0. The average molecular weight is 316 g/mol. The molecule has 0 heterocycles. The van der Waals surface area contributed by atoms with Crippen LogP contribution in [0.2, 0.25) is 0 Å². The molecule has 102 valence electrons. The molecule has 1 aromatic rings. The number of hydrogen-bond acceptors (Lipinski definition) is 3. The van der Waals surface area contributed by atoms with Gasteiger partial charge >= 0.3 is 0 Å². The second-order valence-corrected chi connectivity index (χ2v) is 5.29. The van der Waals surface area contributed by atoms with E-state index in [2.05, 4.69) is 47.2 Å². The zero-order valence-electron chi connectivity index (χ0n) is 11.3. The molecule has 3 nitrogen and oxygen atoms in total. The zero-order valence-corrected chi connectivity index (χ0v) is 12.9. The summed E-state index contributed by atoms with van der Waals surface area (Å²) in [5.41, 5.74) is 1.25. The van der Waals surface area contributed by atoms with Gasteiger partial charge < -0.3 is 14.8 Å². The number of nitrogens with one attached hydrogen (secondary N) is 1. The molecule has 0 aliphatic carbocycles. The van der Waals surface area contributed by atoms with Crippen LogP contribution in [0, 0.1) is 0 Å². The molecule has 1 rings (SSSR count). The van der Waals surface area contributed by atoms with Crippen LogP contribution in [0.3, 0.4) is 0 Å². The minimum atomic E-state index is 0.520. The monoisotopic (exact) mass is 315 g/mol. The van der Waals surface area contributed by atoms with E-state index in [1.807, 2.05) is 6.07 Å². The fourth-order valence-corrected chi connectivity index (χ4v) is 2.17. The van der Waals surface area contributed by atoms with Gasteiger partial charge in [0.15, 0.2) is 0 Å². The number of halogens is 1. The second-order valence-electron chi connectivity index (χ2n) is 4.44. The normalized spacial score (nSPS) is 10.9. The third kappa shape index (κ3) is 5.85. The number of benzene rings is 1. The molecule has 0 aliphatic rings.